The second-order valence-corrected chi connectivity index (χ2v) is 6.50. The molecule has 0 aromatic carbocycles. The van der Waals surface area contributed by atoms with Gasteiger partial charge in [-0.2, -0.15) is 0 Å². The Labute approximate surface area is 107 Å². The number of carbonyl (C=O) groups is 1. The lowest BCUT2D eigenvalue weighted by Crippen LogP contribution is -2.46. The highest BCUT2D eigenvalue weighted by Gasteiger charge is 2.31. The van der Waals surface area contributed by atoms with Gasteiger partial charge in [0.15, 0.2) is 0 Å². The summed E-state index contributed by atoms with van der Waals surface area (Å²) in [7, 11) is 0. The van der Waals surface area contributed by atoms with Crippen molar-refractivity contribution in [3.05, 3.63) is 22.4 Å². The first-order chi connectivity index (χ1) is 7.99. The second kappa shape index (κ2) is 4.78. The minimum Gasteiger partial charge on any atom is -0.340 e. The van der Waals surface area contributed by atoms with Crippen LogP contribution in [-0.4, -0.2) is 23.9 Å². The fourth-order valence-corrected chi connectivity index (χ4v) is 3.12. The molecule has 2 N–H and O–H groups in total. The number of hydrogen-bond donors (Lipinski definition) is 1. The maximum absolute atomic E-state index is 12.3. The number of thiophene rings is 1. The highest BCUT2D eigenvalue weighted by molar-refractivity contribution is 7.10. The van der Waals surface area contributed by atoms with E-state index in [0.29, 0.717) is 0 Å². The molecular weight excluding hydrogens is 232 g/mol. The summed E-state index contributed by atoms with van der Waals surface area (Å²) in [6.07, 6.45) is 2.26. The van der Waals surface area contributed by atoms with E-state index in [9.17, 15) is 4.79 Å². The smallest absolute Gasteiger partial charge is 0.244 e. The SMILES string of the molecule is CC1(C)CCCN(C(=O)C(N)c2cccs2)C1. The van der Waals surface area contributed by atoms with Gasteiger partial charge in [-0.05, 0) is 29.7 Å². The van der Waals surface area contributed by atoms with Crippen molar-refractivity contribution in [3.8, 4) is 0 Å². The van der Waals surface area contributed by atoms with Crippen LogP contribution in [0.4, 0.5) is 0 Å². The average molecular weight is 252 g/mol. The number of carbonyl (C=O) groups excluding carboxylic acids is 1. The van der Waals surface area contributed by atoms with Crippen LogP contribution in [0.5, 0.6) is 0 Å². The monoisotopic (exact) mass is 252 g/mol. The zero-order valence-electron chi connectivity index (χ0n) is 10.5. The Balaban J connectivity index is 2.05. The highest BCUT2D eigenvalue weighted by atomic mass is 32.1. The van der Waals surface area contributed by atoms with E-state index < -0.39 is 6.04 Å². The molecule has 94 valence electrons. The highest BCUT2D eigenvalue weighted by Crippen LogP contribution is 2.30. The van der Waals surface area contributed by atoms with Crippen molar-refractivity contribution in [3.63, 3.8) is 0 Å². The van der Waals surface area contributed by atoms with Crippen LogP contribution in [0.2, 0.25) is 0 Å². The summed E-state index contributed by atoms with van der Waals surface area (Å²) in [5, 5.41) is 1.96. The molecule has 2 heterocycles. The van der Waals surface area contributed by atoms with Crippen LogP contribution in [0, 0.1) is 5.41 Å². The molecule has 0 radical (unpaired) electrons. The molecule has 4 heteroatoms. The molecule has 0 saturated carbocycles. The molecule has 17 heavy (non-hydrogen) atoms. The van der Waals surface area contributed by atoms with Gasteiger partial charge in [0.05, 0.1) is 0 Å². The molecule has 1 atom stereocenters. The number of likely N-dealkylation sites (tertiary alicyclic amines) is 1. The molecule has 0 spiro atoms. The van der Waals surface area contributed by atoms with Crippen molar-refractivity contribution in [2.75, 3.05) is 13.1 Å². The van der Waals surface area contributed by atoms with Gasteiger partial charge in [0, 0.05) is 18.0 Å². The van der Waals surface area contributed by atoms with Crippen LogP contribution < -0.4 is 5.73 Å². The summed E-state index contributed by atoms with van der Waals surface area (Å²) in [5.74, 6) is 0.0697. The lowest BCUT2D eigenvalue weighted by atomic mass is 9.84. The van der Waals surface area contributed by atoms with Crippen molar-refractivity contribution in [2.24, 2.45) is 11.1 Å². The van der Waals surface area contributed by atoms with Gasteiger partial charge in [0.25, 0.3) is 0 Å². The molecule has 1 unspecified atom stereocenters. The van der Waals surface area contributed by atoms with Gasteiger partial charge < -0.3 is 10.6 Å². The third kappa shape index (κ3) is 2.87. The van der Waals surface area contributed by atoms with Crippen molar-refractivity contribution in [1.29, 1.82) is 0 Å². The van der Waals surface area contributed by atoms with Gasteiger partial charge in [-0.15, -0.1) is 11.3 Å². The van der Waals surface area contributed by atoms with Crippen molar-refractivity contribution in [1.82, 2.24) is 4.90 Å². The molecule has 0 bridgehead atoms. The lowest BCUT2D eigenvalue weighted by Gasteiger charge is -2.39. The minimum atomic E-state index is -0.483. The number of nitrogens with two attached hydrogens (primary N) is 1. The van der Waals surface area contributed by atoms with E-state index in [0.717, 1.165) is 24.4 Å². The molecular formula is C13H20N2OS. The van der Waals surface area contributed by atoms with Gasteiger partial charge in [-0.25, -0.2) is 0 Å². The van der Waals surface area contributed by atoms with Crippen molar-refractivity contribution >= 4 is 17.2 Å². The van der Waals surface area contributed by atoms with Crippen LogP contribution >= 0.6 is 11.3 Å². The molecule has 2 rings (SSSR count). The fraction of sp³-hybridized carbons (Fsp3) is 0.615. The van der Waals surface area contributed by atoms with E-state index in [4.69, 9.17) is 5.73 Å². The standard InChI is InChI=1S/C13H20N2OS/c1-13(2)6-4-7-15(9-13)12(16)11(14)10-5-3-8-17-10/h3,5,8,11H,4,6-7,9,14H2,1-2H3. The molecule has 3 nitrogen and oxygen atoms in total. The minimum absolute atomic E-state index is 0.0697. The van der Waals surface area contributed by atoms with Crippen LogP contribution in [0.25, 0.3) is 0 Å². The fourth-order valence-electron chi connectivity index (χ4n) is 2.40. The van der Waals surface area contributed by atoms with Crippen LogP contribution in [0.3, 0.4) is 0 Å². The molecule has 1 aliphatic rings. The first kappa shape index (κ1) is 12.6. The number of piperidine rings is 1. The van der Waals surface area contributed by atoms with Gasteiger partial charge in [-0.3, -0.25) is 4.79 Å². The molecule has 1 aromatic heterocycles. The Bertz CT molecular complexity index is 386. The summed E-state index contributed by atoms with van der Waals surface area (Å²) in [5.41, 5.74) is 6.25. The first-order valence-corrected chi connectivity index (χ1v) is 6.95. The summed E-state index contributed by atoms with van der Waals surface area (Å²) in [6, 6.07) is 3.39. The van der Waals surface area contributed by atoms with Crippen LogP contribution in [0.15, 0.2) is 17.5 Å². The summed E-state index contributed by atoms with van der Waals surface area (Å²) >= 11 is 1.55. The second-order valence-electron chi connectivity index (χ2n) is 5.52. The molecule has 0 aliphatic carbocycles. The van der Waals surface area contributed by atoms with E-state index in [2.05, 4.69) is 13.8 Å². The van der Waals surface area contributed by atoms with E-state index in [1.807, 2.05) is 22.4 Å². The Morgan fingerprint density at radius 1 is 1.59 bits per heavy atom. The summed E-state index contributed by atoms with van der Waals surface area (Å²) in [6.45, 7) is 6.10. The number of nitrogens with zero attached hydrogens (tertiary/aromatic N) is 1. The first-order valence-electron chi connectivity index (χ1n) is 6.07. The predicted molar refractivity (Wildman–Crippen MR) is 70.8 cm³/mol. The Hall–Kier alpha value is -0.870. The zero-order valence-corrected chi connectivity index (χ0v) is 11.3. The van der Waals surface area contributed by atoms with Gasteiger partial charge in [0.2, 0.25) is 5.91 Å². The molecule has 1 saturated heterocycles. The van der Waals surface area contributed by atoms with Crippen LogP contribution in [-0.2, 0) is 4.79 Å². The normalized spacial score (nSPS) is 21.2. The summed E-state index contributed by atoms with van der Waals surface area (Å²) in [4.78, 5) is 15.2. The quantitative estimate of drug-likeness (QED) is 0.878. The number of hydrogen-bond acceptors (Lipinski definition) is 3. The maximum Gasteiger partial charge on any atom is 0.244 e. The van der Waals surface area contributed by atoms with E-state index in [-0.39, 0.29) is 11.3 Å². The van der Waals surface area contributed by atoms with Crippen LogP contribution in [0.1, 0.15) is 37.6 Å². The van der Waals surface area contributed by atoms with Crippen molar-refractivity contribution < 1.29 is 4.79 Å². The molecule has 1 amide bonds. The largest absolute Gasteiger partial charge is 0.340 e. The lowest BCUT2D eigenvalue weighted by molar-refractivity contribution is -0.135. The van der Waals surface area contributed by atoms with E-state index >= 15 is 0 Å². The van der Waals surface area contributed by atoms with E-state index in [1.54, 1.807) is 11.3 Å². The topological polar surface area (TPSA) is 46.3 Å². The molecule has 1 aromatic rings. The van der Waals surface area contributed by atoms with Gasteiger partial charge in [-0.1, -0.05) is 19.9 Å². The summed E-state index contributed by atoms with van der Waals surface area (Å²) < 4.78 is 0. The average Bonchev–Trinajstić information content (AvgIpc) is 2.79. The van der Waals surface area contributed by atoms with Gasteiger partial charge >= 0.3 is 0 Å². The molecule has 1 aliphatic heterocycles. The Morgan fingerprint density at radius 3 is 2.94 bits per heavy atom. The Kier molecular flexibility index (Phi) is 3.54. The predicted octanol–water partition coefficient (Wildman–Crippen LogP) is 2.40. The van der Waals surface area contributed by atoms with Crippen molar-refractivity contribution in [2.45, 2.75) is 32.7 Å². The Morgan fingerprint density at radius 2 is 2.35 bits per heavy atom. The third-order valence-corrected chi connectivity index (χ3v) is 4.28. The number of rotatable bonds is 2. The van der Waals surface area contributed by atoms with E-state index in [1.165, 1.54) is 6.42 Å². The maximum atomic E-state index is 12.3. The third-order valence-electron chi connectivity index (χ3n) is 3.33. The molecule has 1 fully saturated rings. The van der Waals surface area contributed by atoms with Gasteiger partial charge in [0.1, 0.15) is 6.04 Å². The number of amides is 1. The zero-order chi connectivity index (χ0) is 12.5.